The summed E-state index contributed by atoms with van der Waals surface area (Å²) in [4.78, 5) is 33.6. The number of β-lactam (4-membered cyclic amide) rings is 1. The number of rotatable bonds is 6. The number of aromatic nitrogens is 1. The maximum absolute atomic E-state index is 13.7. The van der Waals surface area contributed by atoms with E-state index in [1.807, 2.05) is 31.2 Å². The minimum Gasteiger partial charge on any atom is -0.457 e. The number of fused-ring (bicyclic) bond motifs is 6. The summed E-state index contributed by atoms with van der Waals surface area (Å²) in [6, 6.07) is 10.1. The summed E-state index contributed by atoms with van der Waals surface area (Å²) in [5.74, 6) is -0.740. The van der Waals surface area contributed by atoms with Gasteiger partial charge < -0.3 is 14.1 Å². The molecule has 3 aliphatic rings. The van der Waals surface area contributed by atoms with E-state index < -0.39 is 14.3 Å². The summed E-state index contributed by atoms with van der Waals surface area (Å²) in [5.41, 5.74) is 4.17. The number of aryl methyl sites for hydroxylation is 1. The first-order valence-corrected chi connectivity index (χ1v) is 15.8. The molecule has 3 heterocycles. The van der Waals surface area contributed by atoms with Crippen LogP contribution in [0.5, 0.6) is 0 Å². The number of para-hydroxylation sites is 1. The van der Waals surface area contributed by atoms with E-state index in [1.165, 1.54) is 0 Å². The summed E-state index contributed by atoms with van der Waals surface area (Å²) in [6.45, 7) is 16.9. The molecule has 1 amide bonds. The van der Waals surface area contributed by atoms with Crippen molar-refractivity contribution >= 4 is 36.7 Å². The van der Waals surface area contributed by atoms with Crippen molar-refractivity contribution in [1.82, 2.24) is 9.88 Å². The van der Waals surface area contributed by atoms with E-state index >= 15 is 0 Å². The van der Waals surface area contributed by atoms with Gasteiger partial charge in [-0.3, -0.25) is 9.78 Å². The molecule has 0 radical (unpaired) electrons. The fourth-order valence-electron chi connectivity index (χ4n) is 5.82. The largest absolute Gasteiger partial charge is 0.457 e. The summed E-state index contributed by atoms with van der Waals surface area (Å²) in [7, 11) is -2.07. The molecule has 1 aromatic heterocycles. The van der Waals surface area contributed by atoms with Crippen LogP contribution in [0.3, 0.4) is 0 Å². The standard InChI is InChI=1S/C29H36N2O4Si/c1-8-15-34-28(33)26-24-19(13-14-22-20(24)16-18-11-9-10-12-21(18)30-22)25-23(27(32)31(25)26)17(2)35-36(6,7)29(3,4)5/h8-12,16-17,19,23,25H,1,13-15H2,2-7H3/t17-,19+,23-,25-/m1/s1. The average Bonchev–Trinajstić information content (AvgIpc) is 3.11. The highest BCUT2D eigenvalue weighted by Gasteiger charge is 2.63. The van der Waals surface area contributed by atoms with E-state index in [9.17, 15) is 9.59 Å². The van der Waals surface area contributed by atoms with Crippen LogP contribution in [0.25, 0.3) is 16.5 Å². The van der Waals surface area contributed by atoms with Gasteiger partial charge in [0.1, 0.15) is 12.3 Å². The molecule has 1 fully saturated rings. The fraction of sp³-hybridized carbons (Fsp3) is 0.483. The normalized spacial score (nSPS) is 24.1. The van der Waals surface area contributed by atoms with Gasteiger partial charge in [-0.25, -0.2) is 4.79 Å². The maximum atomic E-state index is 13.7. The van der Waals surface area contributed by atoms with Crippen LogP contribution in [0.4, 0.5) is 0 Å². The van der Waals surface area contributed by atoms with Crippen molar-refractivity contribution in [3.63, 3.8) is 0 Å². The molecule has 0 saturated carbocycles. The van der Waals surface area contributed by atoms with E-state index in [4.69, 9.17) is 14.1 Å². The van der Waals surface area contributed by atoms with Gasteiger partial charge in [0.2, 0.25) is 5.91 Å². The quantitative estimate of drug-likeness (QED) is 0.225. The minimum atomic E-state index is -2.07. The SMILES string of the molecule is C=CCOC(=O)C1=C2c3cc4ccccc4nc3CC[C@@H]2[C@@H]2[C@@H]([C@@H](C)O[Si](C)(C)C(C)(C)C)C(=O)N12. The van der Waals surface area contributed by atoms with Gasteiger partial charge in [-0.2, -0.15) is 0 Å². The van der Waals surface area contributed by atoms with Gasteiger partial charge in [0.25, 0.3) is 0 Å². The fourth-order valence-corrected chi connectivity index (χ4v) is 7.25. The van der Waals surface area contributed by atoms with Gasteiger partial charge >= 0.3 is 5.97 Å². The lowest BCUT2D eigenvalue weighted by Gasteiger charge is -2.50. The van der Waals surface area contributed by atoms with Crippen molar-refractivity contribution in [3.05, 3.63) is 59.9 Å². The lowest BCUT2D eigenvalue weighted by atomic mass is 9.71. The molecule has 0 unspecified atom stereocenters. The second-order valence-electron chi connectivity index (χ2n) is 11.8. The van der Waals surface area contributed by atoms with Crippen LogP contribution in [-0.2, 0) is 25.2 Å². The van der Waals surface area contributed by atoms with Crippen LogP contribution < -0.4 is 0 Å². The molecule has 2 aromatic rings. The molecular weight excluding hydrogens is 468 g/mol. The highest BCUT2D eigenvalue weighted by Crippen LogP contribution is 2.55. The Labute approximate surface area is 214 Å². The van der Waals surface area contributed by atoms with Crippen molar-refractivity contribution in [2.45, 2.75) is 70.8 Å². The van der Waals surface area contributed by atoms with Crippen molar-refractivity contribution in [3.8, 4) is 0 Å². The lowest BCUT2D eigenvalue weighted by molar-refractivity contribution is -0.163. The highest BCUT2D eigenvalue weighted by molar-refractivity contribution is 6.74. The zero-order chi connectivity index (χ0) is 26.0. The number of nitrogens with zero attached hydrogens (tertiary/aromatic N) is 2. The monoisotopic (exact) mass is 504 g/mol. The van der Waals surface area contributed by atoms with Crippen LogP contribution in [0.1, 0.15) is 45.4 Å². The molecule has 36 heavy (non-hydrogen) atoms. The molecule has 7 heteroatoms. The van der Waals surface area contributed by atoms with Gasteiger partial charge in [-0.15, -0.1) is 0 Å². The molecule has 5 rings (SSSR count). The van der Waals surface area contributed by atoms with Gasteiger partial charge in [0, 0.05) is 22.6 Å². The molecule has 0 spiro atoms. The molecule has 1 aromatic carbocycles. The molecule has 0 bridgehead atoms. The lowest BCUT2D eigenvalue weighted by Crippen LogP contribution is -2.65. The number of carbonyl (C=O) groups excluding carboxylic acids is 2. The maximum Gasteiger partial charge on any atom is 0.355 e. The molecule has 190 valence electrons. The number of carbonyl (C=O) groups is 2. The average molecular weight is 505 g/mol. The Kier molecular flexibility index (Phi) is 5.99. The Bertz CT molecular complexity index is 1290. The van der Waals surface area contributed by atoms with Crippen molar-refractivity contribution in [2.24, 2.45) is 11.8 Å². The second-order valence-corrected chi connectivity index (χ2v) is 16.5. The van der Waals surface area contributed by atoms with E-state index in [0.29, 0.717) is 5.70 Å². The number of ether oxygens (including phenoxy) is 1. The summed E-state index contributed by atoms with van der Waals surface area (Å²) in [6.07, 6.45) is 2.98. The third-order valence-electron chi connectivity index (χ3n) is 8.57. The number of hydrogen-bond acceptors (Lipinski definition) is 5. The molecule has 4 atom stereocenters. The van der Waals surface area contributed by atoms with Gasteiger partial charge in [-0.1, -0.05) is 51.6 Å². The summed E-state index contributed by atoms with van der Waals surface area (Å²) < 4.78 is 12.2. The molecule has 2 aliphatic heterocycles. The minimum absolute atomic E-state index is 0.0446. The van der Waals surface area contributed by atoms with Crippen molar-refractivity contribution in [2.75, 3.05) is 6.61 Å². The first-order valence-electron chi connectivity index (χ1n) is 12.9. The van der Waals surface area contributed by atoms with E-state index in [2.05, 4.69) is 46.5 Å². The van der Waals surface area contributed by atoms with Crippen LogP contribution in [0.15, 0.2) is 48.7 Å². The summed E-state index contributed by atoms with van der Waals surface area (Å²) in [5, 5.41) is 1.07. The van der Waals surface area contributed by atoms with E-state index in [1.54, 1.807) is 11.0 Å². The molecule has 0 N–H and O–H groups in total. The Morgan fingerprint density at radius 2 is 2.03 bits per heavy atom. The Morgan fingerprint density at radius 1 is 1.31 bits per heavy atom. The highest BCUT2D eigenvalue weighted by atomic mass is 28.4. The Balaban J connectivity index is 1.56. The first-order chi connectivity index (χ1) is 17.0. The van der Waals surface area contributed by atoms with Crippen molar-refractivity contribution < 1.29 is 18.8 Å². The molecular formula is C29H36N2O4Si. The first kappa shape index (κ1) is 24.9. The van der Waals surface area contributed by atoms with Crippen molar-refractivity contribution in [1.29, 1.82) is 0 Å². The number of hydrogen-bond donors (Lipinski definition) is 0. The Morgan fingerprint density at radius 3 is 2.72 bits per heavy atom. The van der Waals surface area contributed by atoms with E-state index in [-0.39, 0.29) is 41.5 Å². The van der Waals surface area contributed by atoms with Gasteiger partial charge in [0.05, 0.1) is 23.6 Å². The van der Waals surface area contributed by atoms with Gasteiger partial charge in [0.15, 0.2) is 8.32 Å². The number of amides is 1. The smallest absolute Gasteiger partial charge is 0.355 e. The van der Waals surface area contributed by atoms with Crippen LogP contribution in [0.2, 0.25) is 18.1 Å². The number of esters is 1. The van der Waals surface area contributed by atoms with Crippen LogP contribution >= 0.6 is 0 Å². The molecule has 1 saturated heterocycles. The van der Waals surface area contributed by atoms with Crippen LogP contribution in [0, 0.1) is 11.8 Å². The zero-order valence-corrected chi connectivity index (χ0v) is 23.1. The van der Waals surface area contributed by atoms with E-state index in [0.717, 1.165) is 40.6 Å². The summed E-state index contributed by atoms with van der Waals surface area (Å²) >= 11 is 0. The van der Waals surface area contributed by atoms with Crippen LogP contribution in [-0.4, -0.2) is 48.8 Å². The predicted octanol–water partition coefficient (Wildman–Crippen LogP) is 5.49. The number of benzene rings is 1. The third-order valence-corrected chi connectivity index (χ3v) is 13.1. The van der Waals surface area contributed by atoms with Gasteiger partial charge in [-0.05, 0) is 55.6 Å². The Hall–Kier alpha value is -2.77. The topological polar surface area (TPSA) is 68.7 Å². The zero-order valence-electron chi connectivity index (χ0n) is 22.1. The molecule has 6 nitrogen and oxygen atoms in total. The predicted molar refractivity (Wildman–Crippen MR) is 143 cm³/mol. The number of pyridine rings is 1. The second kappa shape index (κ2) is 8.66. The third kappa shape index (κ3) is 3.75. The molecule has 1 aliphatic carbocycles.